The topological polar surface area (TPSA) is 60.0 Å². The van der Waals surface area contributed by atoms with Crippen LogP contribution < -0.4 is 14.8 Å². The number of hydrogen-bond acceptors (Lipinski definition) is 5. The first-order valence-electron chi connectivity index (χ1n) is 9.90. The fourth-order valence-electron chi connectivity index (χ4n) is 3.93. The Bertz CT molecular complexity index is 898. The number of amides is 1. The van der Waals surface area contributed by atoms with Gasteiger partial charge in [0.25, 0.3) is 5.91 Å². The molecular formula is C22H25ClN2O4. The summed E-state index contributed by atoms with van der Waals surface area (Å²) in [5.74, 6) is 1.02. The largest absolute Gasteiger partial charge is 0.493 e. The molecule has 0 spiro atoms. The Balaban J connectivity index is 1.74. The van der Waals surface area contributed by atoms with Gasteiger partial charge in [-0.3, -0.25) is 4.79 Å². The van der Waals surface area contributed by atoms with E-state index in [0.29, 0.717) is 35.2 Å². The Morgan fingerprint density at radius 1 is 1.31 bits per heavy atom. The van der Waals surface area contributed by atoms with Crippen molar-refractivity contribution in [2.75, 3.05) is 32.2 Å². The van der Waals surface area contributed by atoms with E-state index in [0.717, 1.165) is 30.7 Å². The Labute approximate surface area is 175 Å². The third kappa shape index (κ3) is 3.87. The van der Waals surface area contributed by atoms with Gasteiger partial charge in [-0.15, -0.1) is 0 Å². The zero-order valence-corrected chi connectivity index (χ0v) is 17.4. The van der Waals surface area contributed by atoms with Crippen LogP contribution in [0.1, 0.15) is 41.9 Å². The molecule has 154 valence electrons. The lowest BCUT2D eigenvalue weighted by molar-refractivity contribution is 0.0426. The molecule has 0 saturated carbocycles. The van der Waals surface area contributed by atoms with Crippen LogP contribution in [0.5, 0.6) is 11.5 Å². The lowest BCUT2D eigenvalue weighted by Gasteiger charge is -2.39. The Hall–Kier alpha value is -2.44. The molecule has 6 nitrogen and oxygen atoms in total. The molecule has 2 atom stereocenters. The van der Waals surface area contributed by atoms with Crippen molar-refractivity contribution in [3.05, 3.63) is 52.5 Å². The Morgan fingerprint density at radius 3 is 2.86 bits per heavy atom. The van der Waals surface area contributed by atoms with Crippen LogP contribution in [-0.2, 0) is 4.74 Å². The molecule has 0 aromatic heterocycles. The first kappa shape index (κ1) is 19.9. The number of para-hydroxylation sites is 1. The van der Waals surface area contributed by atoms with Gasteiger partial charge in [0.15, 0.2) is 11.5 Å². The third-order valence-electron chi connectivity index (χ3n) is 5.30. The van der Waals surface area contributed by atoms with Gasteiger partial charge in [0.05, 0.1) is 30.4 Å². The van der Waals surface area contributed by atoms with Gasteiger partial charge in [-0.25, -0.2) is 0 Å². The number of anilines is 1. The van der Waals surface area contributed by atoms with Crippen molar-refractivity contribution >= 4 is 23.2 Å². The third-order valence-corrected chi connectivity index (χ3v) is 5.58. The van der Waals surface area contributed by atoms with E-state index in [2.05, 4.69) is 5.32 Å². The summed E-state index contributed by atoms with van der Waals surface area (Å²) < 4.78 is 16.9. The number of benzene rings is 2. The molecule has 2 aliphatic heterocycles. The molecule has 1 fully saturated rings. The summed E-state index contributed by atoms with van der Waals surface area (Å²) in [6.45, 7) is 3.63. The maximum Gasteiger partial charge on any atom is 0.257 e. The molecule has 2 heterocycles. The van der Waals surface area contributed by atoms with Gasteiger partial charge in [-0.2, -0.15) is 0 Å². The van der Waals surface area contributed by atoms with E-state index < -0.39 is 0 Å². The van der Waals surface area contributed by atoms with Crippen molar-refractivity contribution in [1.29, 1.82) is 0 Å². The number of hydrogen-bond donors (Lipinski definition) is 1. The van der Waals surface area contributed by atoms with Crippen molar-refractivity contribution in [3.63, 3.8) is 0 Å². The molecule has 2 unspecified atom stereocenters. The van der Waals surface area contributed by atoms with Gasteiger partial charge >= 0.3 is 0 Å². The normalized spacial score (nSPS) is 20.9. The number of fused-ring (bicyclic) bond motifs is 1. The van der Waals surface area contributed by atoms with Gasteiger partial charge in [0.2, 0.25) is 0 Å². The second kappa shape index (κ2) is 8.51. The molecule has 2 aliphatic rings. The van der Waals surface area contributed by atoms with E-state index in [1.165, 1.54) is 0 Å². The molecule has 1 saturated heterocycles. The SMILES string of the molecule is CCOc1c(Cl)cc(C2Nc3ccccc3C(=O)N2CC2CCCO2)cc1OC. The summed E-state index contributed by atoms with van der Waals surface area (Å²) in [6.07, 6.45) is 1.62. The zero-order chi connectivity index (χ0) is 20.4. The minimum atomic E-state index is -0.385. The van der Waals surface area contributed by atoms with Gasteiger partial charge in [0, 0.05) is 24.4 Å². The number of rotatable bonds is 6. The van der Waals surface area contributed by atoms with Crippen LogP contribution in [0.4, 0.5) is 5.69 Å². The van der Waals surface area contributed by atoms with Crippen LogP contribution in [0.3, 0.4) is 0 Å². The molecule has 0 radical (unpaired) electrons. The number of nitrogens with zero attached hydrogens (tertiary/aromatic N) is 1. The van der Waals surface area contributed by atoms with E-state index >= 15 is 0 Å². The summed E-state index contributed by atoms with van der Waals surface area (Å²) >= 11 is 6.51. The number of ether oxygens (including phenoxy) is 3. The molecule has 4 rings (SSSR count). The van der Waals surface area contributed by atoms with Crippen molar-refractivity contribution in [1.82, 2.24) is 4.90 Å². The fourth-order valence-corrected chi connectivity index (χ4v) is 4.21. The highest BCUT2D eigenvalue weighted by molar-refractivity contribution is 6.32. The van der Waals surface area contributed by atoms with Gasteiger partial charge in [0.1, 0.15) is 6.17 Å². The van der Waals surface area contributed by atoms with E-state index in [4.69, 9.17) is 25.8 Å². The van der Waals surface area contributed by atoms with Gasteiger partial charge < -0.3 is 24.4 Å². The van der Waals surface area contributed by atoms with Crippen LogP contribution >= 0.6 is 11.6 Å². The maximum atomic E-state index is 13.3. The summed E-state index contributed by atoms with van der Waals surface area (Å²) in [5.41, 5.74) is 2.29. The lowest BCUT2D eigenvalue weighted by atomic mass is 10.0. The first-order chi connectivity index (χ1) is 14.1. The molecule has 2 aromatic carbocycles. The quantitative estimate of drug-likeness (QED) is 0.751. The summed E-state index contributed by atoms with van der Waals surface area (Å²) in [6, 6.07) is 11.2. The van der Waals surface area contributed by atoms with Crippen LogP contribution in [-0.4, -0.2) is 43.8 Å². The smallest absolute Gasteiger partial charge is 0.257 e. The Morgan fingerprint density at radius 2 is 2.14 bits per heavy atom. The minimum Gasteiger partial charge on any atom is -0.493 e. The predicted molar refractivity (Wildman–Crippen MR) is 112 cm³/mol. The number of methoxy groups -OCH3 is 1. The molecule has 0 aliphatic carbocycles. The number of carbonyl (C=O) groups excluding carboxylic acids is 1. The summed E-state index contributed by atoms with van der Waals surface area (Å²) in [4.78, 5) is 15.2. The Kier molecular flexibility index (Phi) is 5.83. The molecule has 7 heteroatoms. The first-order valence-corrected chi connectivity index (χ1v) is 10.3. The number of nitrogens with one attached hydrogen (secondary N) is 1. The average molecular weight is 417 g/mol. The second-order valence-corrected chi connectivity index (χ2v) is 7.56. The standard InChI is InChI=1S/C22H25ClN2O4/c1-3-28-20-17(23)11-14(12-19(20)27-2)21-24-18-9-5-4-8-16(18)22(26)25(21)13-15-7-6-10-29-15/h4-5,8-9,11-12,15,21,24H,3,6-7,10,13H2,1-2H3. The molecule has 0 bridgehead atoms. The van der Waals surface area contributed by atoms with Crippen molar-refractivity contribution in [2.24, 2.45) is 0 Å². The van der Waals surface area contributed by atoms with E-state index in [9.17, 15) is 4.79 Å². The van der Waals surface area contributed by atoms with Gasteiger partial charge in [-0.1, -0.05) is 23.7 Å². The molecule has 1 amide bonds. The molecular weight excluding hydrogens is 392 g/mol. The average Bonchev–Trinajstić information content (AvgIpc) is 3.24. The van der Waals surface area contributed by atoms with Crippen LogP contribution in [0.25, 0.3) is 0 Å². The highest BCUT2D eigenvalue weighted by Gasteiger charge is 2.36. The highest BCUT2D eigenvalue weighted by Crippen LogP contribution is 2.41. The lowest BCUT2D eigenvalue weighted by Crippen LogP contribution is -2.46. The van der Waals surface area contributed by atoms with Crippen molar-refractivity contribution < 1.29 is 19.0 Å². The summed E-state index contributed by atoms with van der Waals surface area (Å²) in [7, 11) is 1.58. The zero-order valence-electron chi connectivity index (χ0n) is 16.6. The maximum absolute atomic E-state index is 13.3. The summed E-state index contributed by atoms with van der Waals surface area (Å²) in [5, 5.41) is 3.94. The van der Waals surface area contributed by atoms with Crippen molar-refractivity contribution in [3.8, 4) is 11.5 Å². The molecule has 1 N–H and O–H groups in total. The molecule has 29 heavy (non-hydrogen) atoms. The minimum absolute atomic E-state index is 0.0242. The van der Waals surface area contributed by atoms with Crippen LogP contribution in [0.15, 0.2) is 36.4 Å². The monoisotopic (exact) mass is 416 g/mol. The van der Waals surface area contributed by atoms with Gasteiger partial charge in [-0.05, 0) is 44.0 Å². The van der Waals surface area contributed by atoms with Crippen molar-refractivity contribution in [2.45, 2.75) is 32.0 Å². The number of halogens is 1. The van der Waals surface area contributed by atoms with Crippen LogP contribution in [0, 0.1) is 0 Å². The fraction of sp³-hybridized carbons (Fsp3) is 0.409. The van der Waals surface area contributed by atoms with Crippen LogP contribution in [0.2, 0.25) is 5.02 Å². The highest BCUT2D eigenvalue weighted by atomic mass is 35.5. The predicted octanol–water partition coefficient (Wildman–Crippen LogP) is 4.49. The molecule has 2 aromatic rings. The second-order valence-electron chi connectivity index (χ2n) is 7.15. The number of carbonyl (C=O) groups is 1. The van der Waals surface area contributed by atoms with E-state index in [1.807, 2.05) is 48.2 Å². The van der Waals surface area contributed by atoms with E-state index in [1.54, 1.807) is 7.11 Å². The van der Waals surface area contributed by atoms with E-state index in [-0.39, 0.29) is 18.2 Å².